The molecule has 1 unspecified atom stereocenters. The molecular weight excluding hydrogens is 404 g/mol. The van der Waals surface area contributed by atoms with Crippen LogP contribution in [0.1, 0.15) is 56.0 Å². The van der Waals surface area contributed by atoms with Gasteiger partial charge in [0, 0.05) is 37.3 Å². The number of nitrogens with two attached hydrogens (primary N) is 2. The number of H-pyrrole nitrogens is 1. The lowest BCUT2D eigenvalue weighted by Gasteiger charge is -2.38. The zero-order valence-electron chi connectivity index (χ0n) is 19.0. The zero-order chi connectivity index (χ0) is 22.3. The topological polar surface area (TPSA) is 131 Å². The number of aromatic nitrogens is 4. The number of fused-ring (bicyclic) bond motifs is 1. The fourth-order valence-corrected chi connectivity index (χ4v) is 5.65. The van der Waals surface area contributed by atoms with Gasteiger partial charge >= 0.3 is 0 Å². The van der Waals surface area contributed by atoms with E-state index in [0.717, 1.165) is 60.8 Å². The van der Waals surface area contributed by atoms with E-state index in [9.17, 15) is 0 Å². The molecule has 1 aliphatic heterocycles. The van der Waals surface area contributed by atoms with Crippen LogP contribution in [0.25, 0.3) is 5.57 Å². The Kier molecular flexibility index (Phi) is 5.54. The first-order valence-electron chi connectivity index (χ1n) is 11.8. The molecule has 2 aliphatic carbocycles. The molecule has 0 radical (unpaired) electrons. The Morgan fingerprint density at radius 3 is 2.88 bits per heavy atom. The summed E-state index contributed by atoms with van der Waals surface area (Å²) in [6.45, 7) is 4.43. The highest BCUT2D eigenvalue weighted by Crippen LogP contribution is 2.47. The number of ether oxygens (including phenoxy) is 1. The van der Waals surface area contributed by atoms with E-state index >= 15 is 0 Å². The maximum absolute atomic E-state index is 7.14. The lowest BCUT2D eigenvalue weighted by molar-refractivity contribution is 0.0925. The average molecular weight is 439 g/mol. The molecule has 2 aromatic rings. The Morgan fingerprint density at radius 1 is 1.31 bits per heavy atom. The highest BCUT2D eigenvalue weighted by atomic mass is 16.5. The van der Waals surface area contributed by atoms with Crippen molar-refractivity contribution in [3.8, 4) is 0 Å². The molecule has 0 aromatic carbocycles. The quantitative estimate of drug-likeness (QED) is 0.560. The van der Waals surface area contributed by atoms with Crippen LogP contribution in [0.4, 0.5) is 17.6 Å². The largest absolute Gasteiger partial charge is 0.382 e. The number of allylic oxidation sites excluding steroid dienone is 1. The number of nitrogen functional groups attached to an aromatic ring is 1. The number of hydrogen-bond acceptors (Lipinski definition) is 8. The van der Waals surface area contributed by atoms with Gasteiger partial charge in [0.05, 0.1) is 30.5 Å². The smallest absolute Gasteiger partial charge is 0.224 e. The summed E-state index contributed by atoms with van der Waals surface area (Å²) in [5.41, 5.74) is 16.7. The van der Waals surface area contributed by atoms with E-state index in [1.165, 1.54) is 12.8 Å². The predicted molar refractivity (Wildman–Crippen MR) is 126 cm³/mol. The van der Waals surface area contributed by atoms with Gasteiger partial charge in [0.1, 0.15) is 5.82 Å². The van der Waals surface area contributed by atoms with Crippen molar-refractivity contribution in [1.82, 2.24) is 20.2 Å². The highest BCUT2D eigenvalue weighted by molar-refractivity contribution is 5.74. The summed E-state index contributed by atoms with van der Waals surface area (Å²) >= 11 is 0. The molecule has 0 bridgehead atoms. The first kappa shape index (κ1) is 21.2. The summed E-state index contributed by atoms with van der Waals surface area (Å²) in [4.78, 5) is 11.9. The molecule has 2 aromatic heterocycles. The number of rotatable bonds is 5. The van der Waals surface area contributed by atoms with Crippen molar-refractivity contribution in [2.75, 3.05) is 42.8 Å². The van der Waals surface area contributed by atoms with Crippen LogP contribution in [0, 0.1) is 5.92 Å². The molecule has 2 atom stereocenters. The maximum atomic E-state index is 7.14. The van der Waals surface area contributed by atoms with Crippen LogP contribution in [-0.4, -0.2) is 53.0 Å². The van der Waals surface area contributed by atoms with Crippen molar-refractivity contribution in [3.63, 3.8) is 0 Å². The van der Waals surface area contributed by atoms with Gasteiger partial charge in [-0.05, 0) is 30.8 Å². The van der Waals surface area contributed by atoms with Crippen LogP contribution >= 0.6 is 0 Å². The van der Waals surface area contributed by atoms with Crippen molar-refractivity contribution >= 4 is 23.2 Å². The summed E-state index contributed by atoms with van der Waals surface area (Å²) in [5.74, 6) is 2.40. The van der Waals surface area contributed by atoms with Crippen LogP contribution in [0.5, 0.6) is 0 Å². The summed E-state index contributed by atoms with van der Waals surface area (Å²) in [6, 6.07) is 2.41. The van der Waals surface area contributed by atoms with Crippen molar-refractivity contribution in [3.05, 3.63) is 29.1 Å². The van der Waals surface area contributed by atoms with E-state index in [1.807, 2.05) is 7.05 Å². The highest BCUT2D eigenvalue weighted by Gasteiger charge is 2.43. The lowest BCUT2D eigenvalue weighted by Crippen LogP contribution is -2.46. The van der Waals surface area contributed by atoms with E-state index in [0.29, 0.717) is 36.8 Å². The second-order valence-electron chi connectivity index (χ2n) is 9.24. The molecular formula is C23H34N8O. The molecule has 9 nitrogen and oxygen atoms in total. The molecule has 9 heteroatoms. The number of morpholine rings is 1. The molecule has 0 amide bonds. The lowest BCUT2D eigenvalue weighted by atomic mass is 9.72. The third kappa shape index (κ3) is 3.53. The van der Waals surface area contributed by atoms with Crippen molar-refractivity contribution < 1.29 is 4.74 Å². The zero-order valence-corrected chi connectivity index (χ0v) is 19.0. The number of anilines is 3. The van der Waals surface area contributed by atoms with Crippen LogP contribution in [0.15, 0.2) is 12.1 Å². The van der Waals surface area contributed by atoms with Crippen LogP contribution in [-0.2, 0) is 16.7 Å². The second-order valence-corrected chi connectivity index (χ2v) is 9.24. The number of nitrogens with zero attached hydrogens (tertiary/aromatic N) is 4. The number of aromatic amines is 1. The van der Waals surface area contributed by atoms with Gasteiger partial charge < -0.3 is 26.4 Å². The van der Waals surface area contributed by atoms with Gasteiger partial charge in [-0.2, -0.15) is 10.1 Å². The van der Waals surface area contributed by atoms with Crippen molar-refractivity contribution in [2.24, 2.45) is 11.7 Å². The van der Waals surface area contributed by atoms with Gasteiger partial charge in [0.2, 0.25) is 5.95 Å². The molecule has 2 fully saturated rings. The van der Waals surface area contributed by atoms with Gasteiger partial charge in [-0.3, -0.25) is 5.10 Å². The average Bonchev–Trinajstić information content (AvgIpc) is 3.50. The predicted octanol–water partition coefficient (Wildman–Crippen LogP) is 2.42. The summed E-state index contributed by atoms with van der Waals surface area (Å²) in [7, 11) is 1.86. The molecule has 3 heterocycles. The van der Waals surface area contributed by atoms with Gasteiger partial charge in [-0.15, -0.1) is 0 Å². The third-order valence-corrected chi connectivity index (χ3v) is 7.37. The summed E-state index contributed by atoms with van der Waals surface area (Å²) in [5, 5.41) is 10.6. The van der Waals surface area contributed by atoms with E-state index in [-0.39, 0.29) is 0 Å². The van der Waals surface area contributed by atoms with Gasteiger partial charge in [0.25, 0.3) is 0 Å². The summed E-state index contributed by atoms with van der Waals surface area (Å²) < 4.78 is 5.70. The second kappa shape index (κ2) is 8.37. The minimum atomic E-state index is -0.633. The standard InChI is InChI=1S/C23H34N8O/c1-3-16-13-32-9-8-31(16)19-11-17(27-22(26-2)28-19)14-10-18-20(21(24)30-29-18)23(25,12-14)15-6-4-5-7-15/h11-12,15-16H,3-10,13,25H2,1-2H3,(H3,24,29,30)(H,26,27,28)/t16-,23?/m1/s1. The SMILES string of the molecule is CC[C@@H]1COCCN1c1cc(C2=CC(N)(C3CCCC3)c3c(N)n[nH]c3C2)nc(NC)n1. The molecule has 6 N–H and O–H groups in total. The van der Waals surface area contributed by atoms with E-state index in [2.05, 4.69) is 39.5 Å². The Morgan fingerprint density at radius 2 is 2.12 bits per heavy atom. The molecule has 32 heavy (non-hydrogen) atoms. The van der Waals surface area contributed by atoms with Crippen LogP contribution < -0.4 is 21.7 Å². The fraction of sp³-hybridized carbons (Fsp3) is 0.609. The Bertz CT molecular complexity index is 1010. The first-order chi connectivity index (χ1) is 15.5. The minimum Gasteiger partial charge on any atom is -0.382 e. The molecule has 172 valence electrons. The van der Waals surface area contributed by atoms with E-state index in [1.54, 1.807) is 0 Å². The monoisotopic (exact) mass is 438 g/mol. The molecule has 0 spiro atoms. The van der Waals surface area contributed by atoms with Gasteiger partial charge in [-0.1, -0.05) is 25.8 Å². The minimum absolute atomic E-state index is 0.308. The van der Waals surface area contributed by atoms with Gasteiger partial charge in [-0.25, -0.2) is 4.98 Å². The van der Waals surface area contributed by atoms with E-state index in [4.69, 9.17) is 26.2 Å². The Balaban J connectivity index is 1.58. The molecule has 5 rings (SSSR count). The fourth-order valence-electron chi connectivity index (χ4n) is 5.65. The Labute approximate surface area is 189 Å². The van der Waals surface area contributed by atoms with Crippen molar-refractivity contribution in [2.45, 2.75) is 57.0 Å². The molecule has 1 saturated carbocycles. The van der Waals surface area contributed by atoms with Gasteiger partial charge in [0.15, 0.2) is 5.82 Å². The van der Waals surface area contributed by atoms with E-state index < -0.39 is 5.54 Å². The van der Waals surface area contributed by atoms with Crippen molar-refractivity contribution in [1.29, 1.82) is 0 Å². The number of nitrogens with one attached hydrogen (secondary N) is 2. The van der Waals surface area contributed by atoms with Crippen LogP contribution in [0.2, 0.25) is 0 Å². The first-order valence-corrected chi connectivity index (χ1v) is 11.8. The maximum Gasteiger partial charge on any atom is 0.224 e. The summed E-state index contributed by atoms with van der Waals surface area (Å²) in [6.07, 6.45) is 8.50. The molecule has 1 saturated heterocycles. The Hall–Kier alpha value is -2.65. The molecule has 3 aliphatic rings. The third-order valence-electron chi connectivity index (χ3n) is 7.37. The van der Waals surface area contributed by atoms with Crippen LogP contribution in [0.3, 0.4) is 0 Å². The number of hydrogen-bond donors (Lipinski definition) is 4. The normalized spacial score (nSPS) is 26.2.